The average Bonchev–Trinajstić information content (AvgIpc) is 3.35. The van der Waals surface area contributed by atoms with E-state index in [0.717, 1.165) is 0 Å². The Balaban J connectivity index is 1.79. The number of benzene rings is 1. The molecule has 3 heterocycles. The molecule has 7 heteroatoms. The van der Waals surface area contributed by atoms with Crippen molar-refractivity contribution in [2.24, 2.45) is 0 Å². The number of carbonyl (C=O) groups is 1. The highest BCUT2D eigenvalue weighted by Crippen LogP contribution is 2.37. The van der Waals surface area contributed by atoms with Crippen molar-refractivity contribution in [2.75, 3.05) is 19.0 Å². The molecule has 0 unspecified atom stereocenters. The molecule has 1 aromatic carbocycles. The lowest BCUT2D eigenvalue weighted by atomic mass is 9.98. The number of hydrogen-bond acceptors (Lipinski definition) is 4. The molecule has 4 rings (SSSR count). The van der Waals surface area contributed by atoms with Crippen molar-refractivity contribution in [2.45, 2.75) is 18.6 Å². The molecule has 0 aliphatic carbocycles. The van der Waals surface area contributed by atoms with Gasteiger partial charge in [-0.25, -0.2) is 4.39 Å². The van der Waals surface area contributed by atoms with Gasteiger partial charge in [-0.2, -0.15) is 0 Å². The summed E-state index contributed by atoms with van der Waals surface area (Å²) < 4.78 is 19.8. The predicted octanol–water partition coefficient (Wildman–Crippen LogP) is 1.73. The SMILES string of the molecule is COc1cc[nH]c1/C=C1\C(=O)Nc2ccc(F)c(C#C[C@@H]3C[C@H](O)CN3)c21. The molecule has 4 N–H and O–H groups in total. The Labute approximate surface area is 155 Å². The van der Waals surface area contributed by atoms with Gasteiger partial charge in [0.2, 0.25) is 0 Å². The zero-order chi connectivity index (χ0) is 19.0. The lowest BCUT2D eigenvalue weighted by Crippen LogP contribution is -2.19. The third-order valence-corrected chi connectivity index (χ3v) is 4.64. The first-order valence-corrected chi connectivity index (χ1v) is 8.57. The number of nitrogens with one attached hydrogen (secondary N) is 3. The zero-order valence-electron chi connectivity index (χ0n) is 14.6. The molecule has 27 heavy (non-hydrogen) atoms. The number of aromatic nitrogens is 1. The third kappa shape index (κ3) is 3.21. The van der Waals surface area contributed by atoms with Gasteiger partial charge in [-0.1, -0.05) is 11.8 Å². The van der Waals surface area contributed by atoms with Gasteiger partial charge in [0, 0.05) is 24.7 Å². The summed E-state index contributed by atoms with van der Waals surface area (Å²) in [6.45, 7) is 0.465. The molecule has 0 bridgehead atoms. The van der Waals surface area contributed by atoms with Crippen LogP contribution < -0.4 is 15.4 Å². The number of aliphatic hydroxyl groups excluding tert-OH is 1. The van der Waals surface area contributed by atoms with Gasteiger partial charge >= 0.3 is 0 Å². The van der Waals surface area contributed by atoms with Crippen LogP contribution in [0.4, 0.5) is 10.1 Å². The Kier molecular flexibility index (Phi) is 4.44. The van der Waals surface area contributed by atoms with Crippen molar-refractivity contribution in [1.82, 2.24) is 10.3 Å². The lowest BCUT2D eigenvalue weighted by Gasteiger charge is -2.05. The first kappa shape index (κ1) is 17.3. The minimum atomic E-state index is -0.499. The second-order valence-electron chi connectivity index (χ2n) is 6.44. The van der Waals surface area contributed by atoms with Gasteiger partial charge < -0.3 is 25.5 Å². The lowest BCUT2D eigenvalue weighted by molar-refractivity contribution is -0.110. The van der Waals surface area contributed by atoms with E-state index in [9.17, 15) is 14.3 Å². The summed E-state index contributed by atoms with van der Waals surface area (Å²) in [7, 11) is 1.54. The van der Waals surface area contributed by atoms with Gasteiger partial charge in [0.25, 0.3) is 5.91 Å². The van der Waals surface area contributed by atoms with Crippen LogP contribution in [0, 0.1) is 17.7 Å². The van der Waals surface area contributed by atoms with Crippen LogP contribution in [0.25, 0.3) is 11.6 Å². The highest BCUT2D eigenvalue weighted by atomic mass is 19.1. The Morgan fingerprint density at radius 3 is 2.96 bits per heavy atom. The van der Waals surface area contributed by atoms with E-state index < -0.39 is 11.9 Å². The molecule has 2 aliphatic rings. The van der Waals surface area contributed by atoms with Crippen LogP contribution in [0.3, 0.4) is 0 Å². The number of H-pyrrole nitrogens is 1. The van der Waals surface area contributed by atoms with E-state index in [1.807, 2.05) is 0 Å². The number of amides is 1. The maximum atomic E-state index is 14.5. The summed E-state index contributed by atoms with van der Waals surface area (Å²) >= 11 is 0. The first-order valence-electron chi connectivity index (χ1n) is 8.57. The zero-order valence-corrected chi connectivity index (χ0v) is 14.6. The summed E-state index contributed by atoms with van der Waals surface area (Å²) in [5.74, 6) is 5.57. The molecule has 0 saturated carbocycles. The van der Waals surface area contributed by atoms with Crippen LogP contribution in [0.15, 0.2) is 24.4 Å². The molecular formula is C20H18FN3O3. The van der Waals surface area contributed by atoms with E-state index in [0.29, 0.717) is 41.2 Å². The number of carbonyl (C=O) groups excluding carboxylic acids is 1. The van der Waals surface area contributed by atoms with E-state index in [1.165, 1.54) is 19.2 Å². The Hall–Kier alpha value is -3.08. The number of halogens is 1. The monoisotopic (exact) mass is 367 g/mol. The van der Waals surface area contributed by atoms with Crippen LogP contribution in [0.2, 0.25) is 0 Å². The molecule has 2 atom stereocenters. The van der Waals surface area contributed by atoms with Crippen molar-refractivity contribution >= 4 is 23.2 Å². The number of fused-ring (bicyclic) bond motifs is 1. The number of methoxy groups -OCH3 is 1. The third-order valence-electron chi connectivity index (χ3n) is 4.64. The Bertz CT molecular complexity index is 1000. The van der Waals surface area contributed by atoms with Gasteiger partial charge in [-0.3, -0.25) is 4.79 Å². The van der Waals surface area contributed by atoms with E-state index in [4.69, 9.17) is 4.74 Å². The van der Waals surface area contributed by atoms with Gasteiger partial charge in [0.15, 0.2) is 0 Å². The molecule has 1 fully saturated rings. The minimum Gasteiger partial charge on any atom is -0.495 e. The summed E-state index contributed by atoms with van der Waals surface area (Å²) in [4.78, 5) is 15.5. The highest BCUT2D eigenvalue weighted by Gasteiger charge is 2.29. The minimum absolute atomic E-state index is 0.158. The Morgan fingerprint density at radius 1 is 1.37 bits per heavy atom. The van der Waals surface area contributed by atoms with E-state index in [2.05, 4.69) is 27.5 Å². The molecule has 1 saturated heterocycles. The summed E-state index contributed by atoms with van der Waals surface area (Å²) in [5, 5.41) is 15.4. The Morgan fingerprint density at radius 2 is 2.22 bits per heavy atom. The largest absolute Gasteiger partial charge is 0.495 e. The fourth-order valence-electron chi connectivity index (χ4n) is 3.31. The quantitative estimate of drug-likeness (QED) is 0.481. The van der Waals surface area contributed by atoms with Crippen LogP contribution in [-0.4, -0.2) is 41.8 Å². The topological polar surface area (TPSA) is 86.4 Å². The average molecular weight is 367 g/mol. The smallest absolute Gasteiger partial charge is 0.256 e. The number of anilines is 1. The second kappa shape index (κ2) is 6.91. The molecular weight excluding hydrogens is 349 g/mol. The second-order valence-corrected chi connectivity index (χ2v) is 6.44. The molecule has 0 radical (unpaired) electrons. The predicted molar refractivity (Wildman–Crippen MR) is 99.5 cm³/mol. The molecule has 1 aromatic heterocycles. The molecule has 0 spiro atoms. The van der Waals surface area contributed by atoms with E-state index in [1.54, 1.807) is 18.3 Å². The fraction of sp³-hybridized carbons (Fsp3) is 0.250. The van der Waals surface area contributed by atoms with Crippen molar-refractivity contribution in [3.8, 4) is 17.6 Å². The molecule has 2 aliphatic heterocycles. The number of ether oxygens (including phenoxy) is 1. The van der Waals surface area contributed by atoms with E-state index in [-0.39, 0.29) is 17.5 Å². The molecule has 1 amide bonds. The van der Waals surface area contributed by atoms with Crippen molar-refractivity contribution in [3.05, 3.63) is 47.0 Å². The first-order chi connectivity index (χ1) is 13.1. The van der Waals surface area contributed by atoms with Crippen LogP contribution in [0.5, 0.6) is 5.75 Å². The summed E-state index contributed by atoms with van der Waals surface area (Å²) in [6.07, 6.45) is 3.36. The van der Waals surface area contributed by atoms with Crippen molar-refractivity contribution < 1.29 is 19.0 Å². The normalized spacial score (nSPS) is 22.3. The van der Waals surface area contributed by atoms with Crippen LogP contribution in [-0.2, 0) is 4.79 Å². The van der Waals surface area contributed by atoms with Crippen LogP contribution >= 0.6 is 0 Å². The number of β-amino-alcohol motifs (C(OH)–C–C–N with tert-alkyl or cyclic N) is 1. The number of aromatic amines is 1. The maximum absolute atomic E-state index is 14.5. The van der Waals surface area contributed by atoms with Crippen LogP contribution in [0.1, 0.15) is 23.2 Å². The van der Waals surface area contributed by atoms with Gasteiger partial charge in [-0.05, 0) is 24.3 Å². The number of hydrogen-bond donors (Lipinski definition) is 4. The maximum Gasteiger partial charge on any atom is 0.256 e. The molecule has 2 aromatic rings. The van der Waals surface area contributed by atoms with Crippen molar-refractivity contribution in [3.63, 3.8) is 0 Å². The number of aliphatic hydroxyl groups is 1. The summed E-state index contributed by atoms with van der Waals surface area (Å²) in [6, 6.07) is 4.34. The standard InChI is InChI=1S/C20H18FN3O3/c1-27-18-6-7-22-17(18)9-14-19-13(3-2-11-8-12(25)10-23-11)15(21)4-5-16(19)24-20(14)26/h4-7,9,11-12,22-23,25H,8,10H2,1H3,(H,24,26)/b14-9-/t11-,12+/m1/s1. The van der Waals surface area contributed by atoms with Gasteiger partial charge in [0.05, 0.1) is 41.8 Å². The van der Waals surface area contributed by atoms with Gasteiger partial charge in [-0.15, -0.1) is 0 Å². The summed E-state index contributed by atoms with van der Waals surface area (Å²) in [5.41, 5.74) is 2.03. The fourth-order valence-corrected chi connectivity index (χ4v) is 3.31. The van der Waals surface area contributed by atoms with E-state index >= 15 is 0 Å². The molecule has 6 nitrogen and oxygen atoms in total. The molecule has 138 valence electrons. The highest BCUT2D eigenvalue weighted by molar-refractivity contribution is 6.35. The number of rotatable bonds is 2. The van der Waals surface area contributed by atoms with Crippen molar-refractivity contribution in [1.29, 1.82) is 0 Å². The van der Waals surface area contributed by atoms with Gasteiger partial charge in [0.1, 0.15) is 11.6 Å².